The van der Waals surface area contributed by atoms with E-state index in [2.05, 4.69) is 16.0 Å². The zero-order chi connectivity index (χ0) is 28.1. The van der Waals surface area contributed by atoms with Crippen LogP contribution in [0.5, 0.6) is 0 Å². The Morgan fingerprint density at radius 1 is 0.692 bits per heavy atom. The summed E-state index contributed by atoms with van der Waals surface area (Å²) < 4.78 is 10.7. The third kappa shape index (κ3) is 11.3. The zero-order valence-electron chi connectivity index (χ0n) is 22.7. The van der Waals surface area contributed by atoms with Crippen LogP contribution in [0.3, 0.4) is 0 Å². The van der Waals surface area contributed by atoms with Crippen molar-refractivity contribution in [1.82, 2.24) is 16.0 Å². The lowest BCUT2D eigenvalue weighted by molar-refractivity contribution is -0.123. The van der Waals surface area contributed by atoms with Crippen LogP contribution in [-0.4, -0.2) is 42.3 Å². The van der Waals surface area contributed by atoms with Gasteiger partial charge >= 0.3 is 12.2 Å². The molecule has 0 aliphatic heterocycles. The normalized spacial score (nSPS) is 12.5. The Labute approximate surface area is 230 Å². The first kappa shape index (κ1) is 29.2. The Morgan fingerprint density at radius 2 is 1.21 bits per heavy atom. The first-order chi connectivity index (χ1) is 18.7. The monoisotopic (exact) mass is 531 g/mol. The first-order valence-electron chi connectivity index (χ1n) is 13.0. The predicted octanol–water partition coefficient (Wildman–Crippen LogP) is 4.78. The fourth-order valence-electron chi connectivity index (χ4n) is 3.86. The molecule has 3 aromatic rings. The van der Waals surface area contributed by atoms with E-state index in [1.165, 1.54) is 0 Å². The van der Waals surface area contributed by atoms with Crippen LogP contribution in [0.1, 0.15) is 37.5 Å². The van der Waals surface area contributed by atoms with Gasteiger partial charge in [-0.25, -0.2) is 9.59 Å². The number of benzene rings is 3. The standard InChI is InChI=1S/C31H37N3O5/c1-31(2,3)39-30(37)34-27(20-24-15-9-5-10-16-24)28(35)33-26(19-23-13-7-4-8-14-23)21-32-29(36)38-22-25-17-11-6-12-18-25/h4-18,26-27H,19-22H2,1-3H3,(H,32,36)(H,33,35)(H,34,37)/t26-,27+/m1/s1. The van der Waals surface area contributed by atoms with Crippen molar-refractivity contribution in [2.45, 2.75) is 57.9 Å². The molecule has 0 heterocycles. The summed E-state index contributed by atoms with van der Waals surface area (Å²) >= 11 is 0. The van der Waals surface area contributed by atoms with Gasteiger partial charge in [0.15, 0.2) is 0 Å². The fourth-order valence-corrected chi connectivity index (χ4v) is 3.86. The van der Waals surface area contributed by atoms with E-state index in [9.17, 15) is 14.4 Å². The molecule has 8 heteroatoms. The number of ether oxygens (including phenoxy) is 2. The van der Waals surface area contributed by atoms with Crippen molar-refractivity contribution in [3.8, 4) is 0 Å². The molecule has 0 aromatic heterocycles. The number of carbonyl (C=O) groups is 3. The number of hydrogen-bond acceptors (Lipinski definition) is 5. The van der Waals surface area contributed by atoms with Gasteiger partial charge in [0, 0.05) is 13.0 Å². The molecule has 39 heavy (non-hydrogen) atoms. The van der Waals surface area contributed by atoms with E-state index in [1.54, 1.807) is 20.8 Å². The summed E-state index contributed by atoms with van der Waals surface area (Å²) in [5, 5.41) is 8.46. The van der Waals surface area contributed by atoms with Crippen molar-refractivity contribution >= 4 is 18.1 Å². The van der Waals surface area contributed by atoms with E-state index in [-0.39, 0.29) is 25.5 Å². The Balaban J connectivity index is 1.68. The van der Waals surface area contributed by atoms with Crippen molar-refractivity contribution < 1.29 is 23.9 Å². The number of amides is 3. The number of alkyl carbamates (subject to hydrolysis) is 2. The Kier molecular flexibility index (Phi) is 10.9. The molecule has 0 fully saturated rings. The summed E-state index contributed by atoms with van der Waals surface area (Å²) in [6.45, 7) is 5.56. The molecular formula is C31H37N3O5. The molecule has 0 bridgehead atoms. The number of carbonyl (C=O) groups excluding carboxylic acids is 3. The van der Waals surface area contributed by atoms with Gasteiger partial charge in [0.25, 0.3) is 0 Å². The number of rotatable bonds is 11. The van der Waals surface area contributed by atoms with E-state index in [4.69, 9.17) is 9.47 Å². The van der Waals surface area contributed by atoms with E-state index in [1.807, 2.05) is 91.0 Å². The van der Waals surface area contributed by atoms with Gasteiger partial charge in [-0.15, -0.1) is 0 Å². The summed E-state index contributed by atoms with van der Waals surface area (Å²) in [5.74, 6) is -0.384. The molecule has 0 radical (unpaired) electrons. The molecule has 2 atom stereocenters. The fraction of sp³-hybridized carbons (Fsp3) is 0.323. The largest absolute Gasteiger partial charge is 0.445 e. The molecule has 206 valence electrons. The van der Waals surface area contributed by atoms with Crippen LogP contribution in [0.15, 0.2) is 91.0 Å². The lowest BCUT2D eigenvalue weighted by atomic mass is 10.0. The molecule has 3 N–H and O–H groups in total. The second-order valence-corrected chi connectivity index (χ2v) is 10.2. The SMILES string of the molecule is CC(C)(C)OC(=O)N[C@@H](Cc1ccccc1)C(=O)N[C@@H](CNC(=O)OCc1ccccc1)Cc1ccccc1. The summed E-state index contributed by atoms with van der Waals surface area (Å²) in [5.41, 5.74) is 2.04. The maximum atomic E-state index is 13.5. The van der Waals surface area contributed by atoms with E-state index >= 15 is 0 Å². The van der Waals surface area contributed by atoms with E-state index < -0.39 is 29.9 Å². The smallest absolute Gasteiger partial charge is 0.408 e. The third-order valence-corrected chi connectivity index (χ3v) is 5.67. The summed E-state index contributed by atoms with van der Waals surface area (Å²) in [7, 11) is 0. The molecule has 3 aromatic carbocycles. The zero-order valence-corrected chi connectivity index (χ0v) is 22.7. The predicted molar refractivity (Wildman–Crippen MR) is 150 cm³/mol. The average Bonchev–Trinajstić information content (AvgIpc) is 2.91. The third-order valence-electron chi connectivity index (χ3n) is 5.67. The van der Waals surface area contributed by atoms with Crippen molar-refractivity contribution in [3.05, 3.63) is 108 Å². The molecule has 0 aliphatic rings. The highest BCUT2D eigenvalue weighted by molar-refractivity contribution is 5.86. The van der Waals surface area contributed by atoms with Crippen molar-refractivity contribution in [2.24, 2.45) is 0 Å². The molecule has 0 saturated carbocycles. The topological polar surface area (TPSA) is 106 Å². The van der Waals surface area contributed by atoms with Gasteiger partial charge in [-0.3, -0.25) is 4.79 Å². The molecule has 0 saturated heterocycles. The summed E-state index contributed by atoms with van der Waals surface area (Å²) in [6, 6.07) is 27.1. The molecule has 3 rings (SSSR count). The van der Waals surface area contributed by atoms with Crippen molar-refractivity contribution in [3.63, 3.8) is 0 Å². The van der Waals surface area contributed by atoms with Crippen LogP contribution in [0.2, 0.25) is 0 Å². The highest BCUT2D eigenvalue weighted by Crippen LogP contribution is 2.10. The van der Waals surface area contributed by atoms with Gasteiger partial charge < -0.3 is 25.4 Å². The van der Waals surface area contributed by atoms with Gasteiger partial charge in [0.05, 0.1) is 6.04 Å². The molecule has 0 aliphatic carbocycles. The van der Waals surface area contributed by atoms with Crippen LogP contribution >= 0.6 is 0 Å². The van der Waals surface area contributed by atoms with Gasteiger partial charge in [0.1, 0.15) is 18.2 Å². The highest BCUT2D eigenvalue weighted by Gasteiger charge is 2.27. The van der Waals surface area contributed by atoms with Gasteiger partial charge in [-0.2, -0.15) is 0 Å². The lowest BCUT2D eigenvalue weighted by Crippen LogP contribution is -2.54. The second kappa shape index (κ2) is 14.6. The highest BCUT2D eigenvalue weighted by atomic mass is 16.6. The second-order valence-electron chi connectivity index (χ2n) is 10.2. The van der Waals surface area contributed by atoms with Crippen LogP contribution in [0, 0.1) is 0 Å². The van der Waals surface area contributed by atoms with Crippen LogP contribution < -0.4 is 16.0 Å². The molecule has 8 nitrogen and oxygen atoms in total. The maximum absolute atomic E-state index is 13.5. The number of nitrogens with one attached hydrogen (secondary N) is 3. The molecule has 0 spiro atoms. The average molecular weight is 532 g/mol. The molecule has 3 amide bonds. The van der Waals surface area contributed by atoms with Crippen molar-refractivity contribution in [2.75, 3.05) is 6.54 Å². The Morgan fingerprint density at radius 3 is 1.74 bits per heavy atom. The minimum absolute atomic E-state index is 0.138. The van der Waals surface area contributed by atoms with Crippen LogP contribution in [0.25, 0.3) is 0 Å². The lowest BCUT2D eigenvalue weighted by Gasteiger charge is -2.26. The minimum atomic E-state index is -0.884. The van der Waals surface area contributed by atoms with Gasteiger partial charge in [-0.05, 0) is 43.9 Å². The Bertz CT molecular complexity index is 1180. The minimum Gasteiger partial charge on any atom is -0.445 e. The Hall–Kier alpha value is -4.33. The first-order valence-corrected chi connectivity index (χ1v) is 13.0. The van der Waals surface area contributed by atoms with Gasteiger partial charge in [-0.1, -0.05) is 91.0 Å². The number of hydrogen-bond donors (Lipinski definition) is 3. The van der Waals surface area contributed by atoms with Crippen LogP contribution in [-0.2, 0) is 33.7 Å². The van der Waals surface area contributed by atoms with E-state index in [0.717, 1.165) is 16.7 Å². The molecular weight excluding hydrogens is 494 g/mol. The van der Waals surface area contributed by atoms with Crippen LogP contribution in [0.4, 0.5) is 9.59 Å². The van der Waals surface area contributed by atoms with Gasteiger partial charge in [0.2, 0.25) is 5.91 Å². The van der Waals surface area contributed by atoms with Crippen molar-refractivity contribution in [1.29, 1.82) is 0 Å². The maximum Gasteiger partial charge on any atom is 0.408 e. The summed E-state index contributed by atoms with van der Waals surface area (Å²) in [4.78, 5) is 38.4. The molecule has 0 unspecified atom stereocenters. The summed E-state index contributed by atoms with van der Waals surface area (Å²) in [6.07, 6.45) is -0.522. The quantitative estimate of drug-likeness (QED) is 0.330. The van der Waals surface area contributed by atoms with E-state index in [0.29, 0.717) is 6.42 Å².